The van der Waals surface area contributed by atoms with E-state index in [-0.39, 0.29) is 16.7 Å². The highest BCUT2D eigenvalue weighted by molar-refractivity contribution is 6.35. The van der Waals surface area contributed by atoms with Gasteiger partial charge in [0.15, 0.2) is 10.8 Å². The third kappa shape index (κ3) is 1.98. The summed E-state index contributed by atoms with van der Waals surface area (Å²) in [5.74, 6) is 0. The maximum absolute atomic E-state index is 5.91. The van der Waals surface area contributed by atoms with E-state index in [4.69, 9.17) is 27.9 Å². The van der Waals surface area contributed by atoms with Crippen LogP contribution in [0.5, 0.6) is 0 Å². The minimum atomic E-state index is -0.169. The lowest BCUT2D eigenvalue weighted by molar-refractivity contribution is 0.0272. The van der Waals surface area contributed by atoms with Crippen LogP contribution in [0.25, 0.3) is 11.2 Å². The van der Waals surface area contributed by atoms with Crippen molar-refractivity contribution in [2.45, 2.75) is 20.1 Å². The molecule has 86 valence electrons. The summed E-state index contributed by atoms with van der Waals surface area (Å²) in [6.45, 7) is 4.42. The van der Waals surface area contributed by atoms with Crippen molar-refractivity contribution in [3.8, 4) is 0 Å². The van der Waals surface area contributed by atoms with Gasteiger partial charge < -0.3 is 4.74 Å². The van der Waals surface area contributed by atoms with Gasteiger partial charge in [-0.05, 0) is 25.4 Å². The van der Waals surface area contributed by atoms with Crippen LogP contribution in [0.4, 0.5) is 0 Å². The normalized spacial score (nSPS) is 13.2. The van der Waals surface area contributed by atoms with E-state index in [1.807, 2.05) is 13.8 Å². The summed E-state index contributed by atoms with van der Waals surface area (Å²) in [6, 6.07) is 0. The molecule has 0 radical (unpaired) electrons. The molecule has 0 fully saturated rings. The number of fused-ring (bicyclic) bond motifs is 1. The quantitative estimate of drug-likeness (QED) is 0.629. The molecule has 0 saturated heterocycles. The Morgan fingerprint density at radius 1 is 1.44 bits per heavy atom. The lowest BCUT2D eigenvalue weighted by Gasteiger charge is -2.13. The van der Waals surface area contributed by atoms with E-state index in [0.717, 1.165) is 0 Å². The van der Waals surface area contributed by atoms with Crippen LogP contribution in [-0.2, 0) is 4.74 Å². The predicted octanol–water partition coefficient (Wildman–Crippen LogP) is 2.69. The largest absolute Gasteiger partial charge is 0.359 e. The Bertz CT molecular complexity index is 513. The molecule has 0 N–H and O–H groups in total. The molecule has 2 rings (SSSR count). The zero-order chi connectivity index (χ0) is 11.7. The molecule has 0 saturated carbocycles. The molecule has 2 heterocycles. The first-order valence-corrected chi connectivity index (χ1v) is 5.56. The minimum absolute atomic E-state index is 0.1000. The third-order valence-corrected chi connectivity index (χ3v) is 2.58. The Balaban J connectivity index is 2.55. The SMILES string of the molecule is CCO[C@H](C)n1cnc2c(Cl)nc(Cl)nc21. The van der Waals surface area contributed by atoms with Gasteiger partial charge in [-0.15, -0.1) is 0 Å². The second-order valence-electron chi connectivity index (χ2n) is 3.16. The van der Waals surface area contributed by atoms with Crippen molar-refractivity contribution in [1.29, 1.82) is 0 Å². The van der Waals surface area contributed by atoms with Gasteiger partial charge in [-0.25, -0.2) is 9.97 Å². The van der Waals surface area contributed by atoms with Crippen LogP contribution in [0.15, 0.2) is 6.33 Å². The standard InChI is InChI=1S/C9H10Cl2N4O/c1-3-16-5(2)15-4-12-6-7(10)13-9(11)14-8(6)15/h4-5H,3H2,1-2H3/t5-/m1/s1. The topological polar surface area (TPSA) is 52.8 Å². The number of hydrogen-bond acceptors (Lipinski definition) is 4. The Morgan fingerprint density at radius 3 is 2.88 bits per heavy atom. The van der Waals surface area contributed by atoms with E-state index in [2.05, 4.69) is 15.0 Å². The first-order chi connectivity index (χ1) is 7.63. The molecular weight excluding hydrogens is 251 g/mol. The molecule has 2 aromatic rings. The van der Waals surface area contributed by atoms with Crippen LogP contribution in [-0.4, -0.2) is 26.1 Å². The molecule has 16 heavy (non-hydrogen) atoms. The molecule has 0 bridgehead atoms. The lowest BCUT2D eigenvalue weighted by Crippen LogP contribution is -2.08. The molecule has 0 aliphatic rings. The number of halogens is 2. The first-order valence-electron chi connectivity index (χ1n) is 4.80. The smallest absolute Gasteiger partial charge is 0.225 e. The second kappa shape index (κ2) is 4.53. The molecule has 0 unspecified atom stereocenters. The van der Waals surface area contributed by atoms with Crippen LogP contribution in [0.3, 0.4) is 0 Å². The summed E-state index contributed by atoms with van der Waals surface area (Å²) in [6.07, 6.45) is 1.44. The van der Waals surface area contributed by atoms with Gasteiger partial charge in [-0.3, -0.25) is 4.57 Å². The monoisotopic (exact) mass is 260 g/mol. The molecule has 7 heteroatoms. The minimum Gasteiger partial charge on any atom is -0.359 e. The Kier molecular flexibility index (Phi) is 3.28. The maximum Gasteiger partial charge on any atom is 0.225 e. The van der Waals surface area contributed by atoms with E-state index in [0.29, 0.717) is 17.8 Å². The highest BCUT2D eigenvalue weighted by atomic mass is 35.5. The van der Waals surface area contributed by atoms with Gasteiger partial charge >= 0.3 is 0 Å². The highest BCUT2D eigenvalue weighted by Gasteiger charge is 2.14. The lowest BCUT2D eigenvalue weighted by atomic mass is 10.5. The van der Waals surface area contributed by atoms with Crippen LogP contribution in [0, 0.1) is 0 Å². The molecular formula is C9H10Cl2N4O. The second-order valence-corrected chi connectivity index (χ2v) is 3.86. The van der Waals surface area contributed by atoms with Crippen molar-refractivity contribution in [2.75, 3.05) is 6.61 Å². The van der Waals surface area contributed by atoms with E-state index in [9.17, 15) is 0 Å². The number of hydrogen-bond donors (Lipinski definition) is 0. The van der Waals surface area contributed by atoms with Crippen LogP contribution < -0.4 is 0 Å². The van der Waals surface area contributed by atoms with E-state index in [1.54, 1.807) is 10.9 Å². The molecule has 0 amide bonds. The average Bonchev–Trinajstić information content (AvgIpc) is 2.61. The summed E-state index contributed by atoms with van der Waals surface area (Å²) in [5, 5.41) is 0.348. The maximum atomic E-state index is 5.91. The fourth-order valence-corrected chi connectivity index (χ4v) is 1.87. The zero-order valence-corrected chi connectivity index (χ0v) is 10.3. The van der Waals surface area contributed by atoms with E-state index in [1.165, 1.54) is 0 Å². The molecule has 5 nitrogen and oxygen atoms in total. The van der Waals surface area contributed by atoms with Crippen molar-refractivity contribution in [3.63, 3.8) is 0 Å². The first kappa shape index (κ1) is 11.6. The third-order valence-electron chi connectivity index (χ3n) is 2.15. The van der Waals surface area contributed by atoms with Crippen LogP contribution >= 0.6 is 23.2 Å². The molecule has 2 aromatic heterocycles. The molecule has 0 spiro atoms. The molecule has 0 aliphatic heterocycles. The van der Waals surface area contributed by atoms with Gasteiger partial charge in [-0.2, -0.15) is 4.98 Å². The van der Waals surface area contributed by atoms with Gasteiger partial charge in [0.1, 0.15) is 11.7 Å². The number of rotatable bonds is 3. The summed E-state index contributed by atoms with van der Waals surface area (Å²) in [7, 11) is 0. The Labute approximate surface area is 102 Å². The molecule has 0 aromatic carbocycles. The predicted molar refractivity (Wildman–Crippen MR) is 61.7 cm³/mol. The van der Waals surface area contributed by atoms with Gasteiger partial charge in [0, 0.05) is 6.61 Å². The van der Waals surface area contributed by atoms with Crippen molar-refractivity contribution >= 4 is 34.4 Å². The Morgan fingerprint density at radius 2 is 2.19 bits per heavy atom. The van der Waals surface area contributed by atoms with Gasteiger partial charge in [-0.1, -0.05) is 11.6 Å². The van der Waals surface area contributed by atoms with Crippen molar-refractivity contribution in [2.24, 2.45) is 0 Å². The van der Waals surface area contributed by atoms with E-state index < -0.39 is 0 Å². The van der Waals surface area contributed by atoms with Gasteiger partial charge in [0.2, 0.25) is 5.28 Å². The van der Waals surface area contributed by atoms with Crippen molar-refractivity contribution < 1.29 is 4.74 Å². The van der Waals surface area contributed by atoms with Crippen LogP contribution in [0.1, 0.15) is 20.1 Å². The van der Waals surface area contributed by atoms with Crippen molar-refractivity contribution in [3.05, 3.63) is 16.8 Å². The number of nitrogens with zero attached hydrogens (tertiary/aromatic N) is 4. The fourth-order valence-electron chi connectivity index (χ4n) is 1.44. The van der Waals surface area contributed by atoms with Crippen molar-refractivity contribution in [1.82, 2.24) is 19.5 Å². The highest BCUT2D eigenvalue weighted by Crippen LogP contribution is 2.23. The van der Waals surface area contributed by atoms with Crippen LogP contribution in [0.2, 0.25) is 10.4 Å². The number of ether oxygens (including phenoxy) is 1. The number of imidazole rings is 1. The summed E-state index contributed by atoms with van der Waals surface area (Å²) >= 11 is 11.7. The zero-order valence-electron chi connectivity index (χ0n) is 8.81. The molecule has 0 aliphatic carbocycles. The summed E-state index contributed by atoms with van der Waals surface area (Å²) in [5.41, 5.74) is 1.10. The fraction of sp³-hybridized carbons (Fsp3) is 0.444. The summed E-state index contributed by atoms with van der Waals surface area (Å²) in [4.78, 5) is 12.0. The summed E-state index contributed by atoms with van der Waals surface area (Å²) < 4.78 is 7.21. The number of aromatic nitrogens is 4. The Hall–Kier alpha value is -0.910. The van der Waals surface area contributed by atoms with Gasteiger partial charge in [0.25, 0.3) is 0 Å². The van der Waals surface area contributed by atoms with Gasteiger partial charge in [0.05, 0.1) is 6.33 Å². The van der Waals surface area contributed by atoms with E-state index >= 15 is 0 Å². The molecule has 1 atom stereocenters. The average molecular weight is 261 g/mol.